The first-order chi connectivity index (χ1) is 11.0. The standard InChI is InChI=1S/C18H20ClNO3/c1-4-16(23-14-7-5-6-13(19)11-14)18(21)20-15-10-12(2)8-9-17(15)22-3/h5-11,16H,4H2,1-3H3,(H,20,21). The highest BCUT2D eigenvalue weighted by molar-refractivity contribution is 6.30. The minimum Gasteiger partial charge on any atom is -0.495 e. The van der Waals surface area contributed by atoms with Crippen molar-refractivity contribution in [3.63, 3.8) is 0 Å². The van der Waals surface area contributed by atoms with Gasteiger partial charge in [0.1, 0.15) is 11.5 Å². The molecule has 122 valence electrons. The third-order valence-electron chi connectivity index (χ3n) is 3.35. The zero-order chi connectivity index (χ0) is 16.8. The number of hydrogen-bond donors (Lipinski definition) is 1. The third kappa shape index (κ3) is 4.63. The summed E-state index contributed by atoms with van der Waals surface area (Å²) in [7, 11) is 1.57. The molecule has 0 radical (unpaired) electrons. The molecular formula is C18H20ClNO3. The van der Waals surface area contributed by atoms with Crippen LogP contribution < -0.4 is 14.8 Å². The van der Waals surface area contributed by atoms with E-state index in [9.17, 15) is 4.79 Å². The van der Waals surface area contributed by atoms with Crippen LogP contribution in [0, 0.1) is 6.92 Å². The smallest absolute Gasteiger partial charge is 0.265 e. The Balaban J connectivity index is 2.13. The first-order valence-electron chi connectivity index (χ1n) is 7.41. The van der Waals surface area contributed by atoms with Crippen LogP contribution in [0.1, 0.15) is 18.9 Å². The summed E-state index contributed by atoms with van der Waals surface area (Å²) in [6.07, 6.45) is -0.0781. The average Bonchev–Trinajstić information content (AvgIpc) is 2.53. The second-order valence-corrected chi connectivity index (χ2v) is 5.60. The Morgan fingerprint density at radius 1 is 1.26 bits per heavy atom. The molecule has 2 rings (SSSR count). The van der Waals surface area contributed by atoms with Crippen LogP contribution in [0.15, 0.2) is 42.5 Å². The van der Waals surface area contributed by atoms with Gasteiger partial charge >= 0.3 is 0 Å². The van der Waals surface area contributed by atoms with Gasteiger partial charge in [-0.25, -0.2) is 0 Å². The highest BCUT2D eigenvalue weighted by atomic mass is 35.5. The Morgan fingerprint density at radius 2 is 2.04 bits per heavy atom. The number of methoxy groups -OCH3 is 1. The molecule has 0 aliphatic heterocycles. The van der Waals surface area contributed by atoms with Gasteiger partial charge in [0.15, 0.2) is 6.10 Å². The van der Waals surface area contributed by atoms with Gasteiger partial charge < -0.3 is 14.8 Å². The molecule has 0 aromatic heterocycles. The molecule has 2 aromatic rings. The van der Waals surface area contributed by atoms with Crippen LogP contribution in [-0.4, -0.2) is 19.1 Å². The van der Waals surface area contributed by atoms with Crippen LogP contribution in [0.4, 0.5) is 5.69 Å². The van der Waals surface area contributed by atoms with E-state index < -0.39 is 6.10 Å². The van der Waals surface area contributed by atoms with Crippen molar-refractivity contribution in [1.82, 2.24) is 0 Å². The van der Waals surface area contributed by atoms with Gasteiger partial charge in [-0.2, -0.15) is 0 Å². The van der Waals surface area contributed by atoms with Crippen LogP contribution in [0.5, 0.6) is 11.5 Å². The van der Waals surface area contributed by atoms with Crippen molar-refractivity contribution in [3.05, 3.63) is 53.1 Å². The van der Waals surface area contributed by atoms with Gasteiger partial charge in [-0.1, -0.05) is 30.7 Å². The van der Waals surface area contributed by atoms with Crippen molar-refractivity contribution in [2.75, 3.05) is 12.4 Å². The number of halogens is 1. The van der Waals surface area contributed by atoms with Gasteiger partial charge in [0.25, 0.3) is 5.91 Å². The van der Waals surface area contributed by atoms with E-state index in [1.54, 1.807) is 31.4 Å². The fourth-order valence-electron chi connectivity index (χ4n) is 2.16. The molecule has 0 saturated carbocycles. The summed E-state index contributed by atoms with van der Waals surface area (Å²) in [5.41, 5.74) is 1.66. The average molecular weight is 334 g/mol. The summed E-state index contributed by atoms with van der Waals surface area (Å²) in [6.45, 7) is 3.84. The molecular weight excluding hydrogens is 314 g/mol. The molecule has 1 atom stereocenters. The van der Waals surface area contributed by atoms with Crippen molar-refractivity contribution in [1.29, 1.82) is 0 Å². The van der Waals surface area contributed by atoms with Gasteiger partial charge in [0.05, 0.1) is 12.8 Å². The van der Waals surface area contributed by atoms with Crippen molar-refractivity contribution < 1.29 is 14.3 Å². The molecule has 1 amide bonds. The second-order valence-electron chi connectivity index (χ2n) is 5.17. The van der Waals surface area contributed by atoms with Crippen molar-refractivity contribution in [2.24, 2.45) is 0 Å². The monoisotopic (exact) mass is 333 g/mol. The van der Waals surface area contributed by atoms with E-state index in [2.05, 4.69) is 5.32 Å². The Hall–Kier alpha value is -2.20. The molecule has 5 heteroatoms. The lowest BCUT2D eigenvalue weighted by atomic mass is 10.2. The SMILES string of the molecule is CCC(Oc1cccc(Cl)c1)C(=O)Nc1cc(C)ccc1OC. The number of aryl methyl sites for hydroxylation is 1. The summed E-state index contributed by atoms with van der Waals surface area (Å²) in [5.74, 6) is 0.952. The van der Waals surface area contributed by atoms with E-state index in [0.29, 0.717) is 28.6 Å². The fraction of sp³-hybridized carbons (Fsp3) is 0.278. The molecule has 0 aliphatic rings. The number of carbonyl (C=O) groups is 1. The van der Waals surface area contributed by atoms with Crippen LogP contribution in [0.3, 0.4) is 0 Å². The molecule has 0 bridgehead atoms. The van der Waals surface area contributed by atoms with Crippen molar-refractivity contribution in [3.8, 4) is 11.5 Å². The topological polar surface area (TPSA) is 47.6 Å². The Bertz CT molecular complexity index is 688. The zero-order valence-electron chi connectivity index (χ0n) is 13.4. The van der Waals surface area contributed by atoms with Crippen LogP contribution in [-0.2, 0) is 4.79 Å². The first kappa shape index (κ1) is 17.2. The molecule has 1 unspecified atom stereocenters. The van der Waals surface area contributed by atoms with Crippen molar-refractivity contribution >= 4 is 23.2 Å². The number of amides is 1. The lowest BCUT2D eigenvalue weighted by Crippen LogP contribution is -2.32. The van der Waals surface area contributed by atoms with Gasteiger partial charge in [-0.3, -0.25) is 4.79 Å². The van der Waals surface area contributed by atoms with Crippen LogP contribution in [0.2, 0.25) is 5.02 Å². The summed E-state index contributed by atoms with van der Waals surface area (Å²) in [4.78, 5) is 12.5. The van der Waals surface area contributed by atoms with E-state index >= 15 is 0 Å². The van der Waals surface area contributed by atoms with Gasteiger partial charge in [-0.05, 0) is 49.2 Å². The predicted octanol–water partition coefficient (Wildman–Crippen LogP) is 4.45. The van der Waals surface area contributed by atoms with E-state index in [1.807, 2.05) is 32.0 Å². The maximum Gasteiger partial charge on any atom is 0.265 e. The zero-order valence-corrected chi connectivity index (χ0v) is 14.2. The van der Waals surface area contributed by atoms with Gasteiger partial charge in [-0.15, -0.1) is 0 Å². The quantitative estimate of drug-likeness (QED) is 0.849. The predicted molar refractivity (Wildman–Crippen MR) is 92.5 cm³/mol. The number of carbonyl (C=O) groups excluding carboxylic acids is 1. The lowest BCUT2D eigenvalue weighted by Gasteiger charge is -2.18. The number of nitrogens with one attached hydrogen (secondary N) is 1. The molecule has 0 saturated heterocycles. The van der Waals surface area contributed by atoms with Gasteiger partial charge in [0, 0.05) is 5.02 Å². The normalized spacial score (nSPS) is 11.7. The largest absolute Gasteiger partial charge is 0.495 e. The Morgan fingerprint density at radius 3 is 2.70 bits per heavy atom. The Kier molecular flexibility index (Phi) is 5.88. The van der Waals surface area contributed by atoms with Crippen LogP contribution in [0.25, 0.3) is 0 Å². The van der Waals surface area contributed by atoms with E-state index in [1.165, 1.54) is 0 Å². The summed E-state index contributed by atoms with van der Waals surface area (Å²) >= 11 is 5.94. The molecule has 4 nitrogen and oxygen atoms in total. The molecule has 0 aliphatic carbocycles. The lowest BCUT2D eigenvalue weighted by molar-refractivity contribution is -0.122. The summed E-state index contributed by atoms with van der Waals surface area (Å²) in [6, 6.07) is 12.6. The minimum atomic E-state index is -0.612. The highest BCUT2D eigenvalue weighted by Gasteiger charge is 2.20. The maximum absolute atomic E-state index is 12.5. The van der Waals surface area contributed by atoms with E-state index in [-0.39, 0.29) is 5.91 Å². The molecule has 1 N–H and O–H groups in total. The van der Waals surface area contributed by atoms with E-state index in [4.69, 9.17) is 21.1 Å². The molecule has 2 aromatic carbocycles. The van der Waals surface area contributed by atoms with Crippen molar-refractivity contribution in [2.45, 2.75) is 26.4 Å². The number of ether oxygens (including phenoxy) is 2. The summed E-state index contributed by atoms with van der Waals surface area (Å²) in [5, 5.41) is 3.43. The molecule has 23 heavy (non-hydrogen) atoms. The molecule has 0 fully saturated rings. The third-order valence-corrected chi connectivity index (χ3v) is 3.59. The molecule has 0 heterocycles. The fourth-order valence-corrected chi connectivity index (χ4v) is 2.34. The summed E-state index contributed by atoms with van der Waals surface area (Å²) < 4.78 is 11.0. The number of anilines is 1. The van der Waals surface area contributed by atoms with E-state index in [0.717, 1.165) is 5.56 Å². The maximum atomic E-state index is 12.5. The number of benzene rings is 2. The van der Waals surface area contributed by atoms with Crippen LogP contribution >= 0.6 is 11.6 Å². The van der Waals surface area contributed by atoms with Gasteiger partial charge in [0.2, 0.25) is 0 Å². The Labute approximate surface area is 141 Å². The number of hydrogen-bond acceptors (Lipinski definition) is 3. The number of rotatable bonds is 6. The first-order valence-corrected chi connectivity index (χ1v) is 7.79. The second kappa shape index (κ2) is 7.88. The molecule has 0 spiro atoms. The minimum absolute atomic E-state index is 0.226. The highest BCUT2D eigenvalue weighted by Crippen LogP contribution is 2.26.